The van der Waals surface area contributed by atoms with Crippen molar-refractivity contribution in [3.05, 3.63) is 118 Å². The number of nitrogens with zero attached hydrogens (tertiary/aromatic N) is 2. The molecule has 1 amide bonds. The van der Waals surface area contributed by atoms with Gasteiger partial charge in [-0.05, 0) is 80.9 Å². The van der Waals surface area contributed by atoms with Gasteiger partial charge in [0.2, 0.25) is 0 Å². The molecule has 0 spiro atoms. The second-order valence-electron chi connectivity index (χ2n) is 8.53. The van der Waals surface area contributed by atoms with Crippen molar-refractivity contribution in [2.24, 2.45) is 0 Å². The lowest BCUT2D eigenvalue weighted by Gasteiger charge is -2.12. The van der Waals surface area contributed by atoms with Gasteiger partial charge in [0, 0.05) is 28.3 Å². The topological polar surface area (TPSA) is 67.0 Å². The van der Waals surface area contributed by atoms with Gasteiger partial charge < -0.3 is 14.6 Å². The molecule has 0 unspecified atom stereocenters. The molecule has 5 nitrogen and oxygen atoms in total. The Labute approximate surface area is 210 Å². The first-order valence-corrected chi connectivity index (χ1v) is 11.5. The summed E-state index contributed by atoms with van der Waals surface area (Å²) in [6.07, 6.45) is 1.61. The second-order valence-corrected chi connectivity index (χ2v) is 8.53. The summed E-state index contributed by atoms with van der Waals surface area (Å²) in [6.45, 7) is 6.01. The molecule has 0 aliphatic carbocycles. The molecule has 4 rings (SSSR count). The summed E-state index contributed by atoms with van der Waals surface area (Å²) in [7, 11) is 0. The fourth-order valence-corrected chi connectivity index (χ4v) is 3.94. The molecule has 4 aromatic rings. The van der Waals surface area contributed by atoms with Crippen LogP contribution in [0.3, 0.4) is 0 Å². The van der Waals surface area contributed by atoms with Gasteiger partial charge in [-0.3, -0.25) is 4.79 Å². The summed E-state index contributed by atoms with van der Waals surface area (Å²) < 4.78 is 21.6. The van der Waals surface area contributed by atoms with E-state index in [-0.39, 0.29) is 18.0 Å². The Hall–Kier alpha value is -4.63. The van der Waals surface area contributed by atoms with Crippen LogP contribution in [0.5, 0.6) is 5.75 Å². The standard InChI is InChI=1S/C30H26FN3O2/c1-20-8-10-26(11-9-20)33-30(35)25(18-32)17-24-16-21(2)34(22(24)3)27-12-14-28(15-13-27)36-19-23-6-4-5-7-29(23)31/h4-17H,19H2,1-3H3,(H,33,35)/b25-17+. The van der Waals surface area contributed by atoms with E-state index in [0.717, 1.165) is 28.2 Å². The molecule has 0 radical (unpaired) electrons. The van der Waals surface area contributed by atoms with E-state index < -0.39 is 5.91 Å². The van der Waals surface area contributed by atoms with Gasteiger partial charge in [-0.2, -0.15) is 5.26 Å². The van der Waals surface area contributed by atoms with Gasteiger partial charge in [0.1, 0.15) is 29.8 Å². The van der Waals surface area contributed by atoms with E-state index in [1.165, 1.54) is 6.07 Å². The molecule has 0 bridgehead atoms. The zero-order chi connectivity index (χ0) is 25.7. The number of hydrogen-bond donors (Lipinski definition) is 1. The average Bonchev–Trinajstić information content (AvgIpc) is 3.16. The van der Waals surface area contributed by atoms with Gasteiger partial charge in [-0.1, -0.05) is 35.9 Å². The third-order valence-electron chi connectivity index (χ3n) is 5.89. The van der Waals surface area contributed by atoms with Gasteiger partial charge in [0.15, 0.2) is 0 Å². The Balaban J connectivity index is 1.51. The fourth-order valence-electron chi connectivity index (χ4n) is 3.94. The Morgan fingerprint density at radius 1 is 1.03 bits per heavy atom. The predicted molar refractivity (Wildman–Crippen MR) is 139 cm³/mol. The SMILES string of the molecule is Cc1ccc(NC(=O)/C(C#N)=C/c2cc(C)n(-c3ccc(OCc4ccccc4F)cc3)c2C)cc1. The summed E-state index contributed by atoms with van der Waals surface area (Å²) in [5.74, 6) is -0.121. The van der Waals surface area contributed by atoms with Gasteiger partial charge in [0.25, 0.3) is 5.91 Å². The highest BCUT2D eigenvalue weighted by Crippen LogP contribution is 2.25. The van der Waals surface area contributed by atoms with E-state index in [1.54, 1.807) is 36.4 Å². The molecular weight excluding hydrogens is 453 g/mol. The maximum absolute atomic E-state index is 13.8. The Morgan fingerprint density at radius 3 is 2.39 bits per heavy atom. The number of aromatic nitrogens is 1. The third kappa shape index (κ3) is 5.53. The van der Waals surface area contributed by atoms with Crippen LogP contribution in [0, 0.1) is 37.9 Å². The first kappa shape index (κ1) is 24.5. The minimum absolute atomic E-state index is 0.0210. The number of amides is 1. The summed E-state index contributed by atoms with van der Waals surface area (Å²) in [5.41, 5.74) is 5.77. The van der Waals surface area contributed by atoms with Crippen molar-refractivity contribution in [3.8, 4) is 17.5 Å². The van der Waals surface area contributed by atoms with Crippen LogP contribution >= 0.6 is 0 Å². The van der Waals surface area contributed by atoms with E-state index in [9.17, 15) is 14.4 Å². The molecule has 1 aromatic heterocycles. The van der Waals surface area contributed by atoms with Crippen molar-refractivity contribution in [1.29, 1.82) is 5.26 Å². The second kappa shape index (κ2) is 10.7. The normalized spacial score (nSPS) is 11.1. The van der Waals surface area contributed by atoms with E-state index in [0.29, 0.717) is 17.0 Å². The van der Waals surface area contributed by atoms with E-state index in [4.69, 9.17) is 4.74 Å². The first-order valence-electron chi connectivity index (χ1n) is 11.5. The number of hydrogen-bond acceptors (Lipinski definition) is 3. The van der Waals surface area contributed by atoms with Crippen molar-refractivity contribution in [2.45, 2.75) is 27.4 Å². The third-order valence-corrected chi connectivity index (χ3v) is 5.89. The molecule has 180 valence electrons. The monoisotopic (exact) mass is 479 g/mol. The molecular formula is C30H26FN3O2. The van der Waals surface area contributed by atoms with E-state index in [2.05, 4.69) is 5.32 Å². The van der Waals surface area contributed by atoms with Crippen LogP contribution in [-0.2, 0) is 11.4 Å². The molecule has 1 N–H and O–H groups in total. The molecule has 0 atom stereocenters. The lowest BCUT2D eigenvalue weighted by atomic mass is 10.1. The zero-order valence-electron chi connectivity index (χ0n) is 20.4. The number of halogens is 1. The van der Waals surface area contributed by atoms with Crippen molar-refractivity contribution in [2.75, 3.05) is 5.32 Å². The van der Waals surface area contributed by atoms with Crippen LogP contribution in [0.1, 0.15) is 28.1 Å². The van der Waals surface area contributed by atoms with Crippen LogP contribution in [-0.4, -0.2) is 10.5 Å². The van der Waals surface area contributed by atoms with Crippen LogP contribution in [0.25, 0.3) is 11.8 Å². The molecule has 36 heavy (non-hydrogen) atoms. The molecule has 0 aliphatic rings. The van der Waals surface area contributed by atoms with Crippen LogP contribution in [0.4, 0.5) is 10.1 Å². The lowest BCUT2D eigenvalue weighted by Crippen LogP contribution is -2.13. The summed E-state index contributed by atoms with van der Waals surface area (Å²) in [6, 6.07) is 25.4. The van der Waals surface area contributed by atoms with Crippen molar-refractivity contribution in [1.82, 2.24) is 4.57 Å². The predicted octanol–water partition coefficient (Wildman–Crippen LogP) is 6.67. The van der Waals surface area contributed by atoms with Gasteiger partial charge >= 0.3 is 0 Å². The summed E-state index contributed by atoms with van der Waals surface area (Å²) in [5, 5.41) is 12.4. The quantitative estimate of drug-likeness (QED) is 0.238. The molecule has 0 aliphatic heterocycles. The molecule has 0 fully saturated rings. The van der Waals surface area contributed by atoms with Gasteiger partial charge in [-0.25, -0.2) is 4.39 Å². The maximum Gasteiger partial charge on any atom is 0.266 e. The number of anilines is 1. The highest BCUT2D eigenvalue weighted by molar-refractivity contribution is 6.09. The van der Waals surface area contributed by atoms with Crippen LogP contribution in [0.2, 0.25) is 0 Å². The molecule has 6 heteroatoms. The van der Waals surface area contributed by atoms with Crippen LogP contribution < -0.4 is 10.1 Å². The molecule has 0 saturated heterocycles. The summed E-state index contributed by atoms with van der Waals surface area (Å²) >= 11 is 0. The zero-order valence-corrected chi connectivity index (χ0v) is 20.4. The van der Waals surface area contributed by atoms with Gasteiger partial charge in [0.05, 0.1) is 0 Å². The molecule has 0 saturated carbocycles. The average molecular weight is 480 g/mol. The number of aryl methyl sites for hydroxylation is 2. The smallest absolute Gasteiger partial charge is 0.266 e. The summed E-state index contributed by atoms with van der Waals surface area (Å²) in [4.78, 5) is 12.7. The van der Waals surface area contributed by atoms with Crippen molar-refractivity contribution in [3.63, 3.8) is 0 Å². The maximum atomic E-state index is 13.8. The highest BCUT2D eigenvalue weighted by Gasteiger charge is 2.14. The Kier molecular flexibility index (Phi) is 7.31. The minimum atomic E-state index is -0.456. The number of carbonyl (C=O) groups is 1. The molecule has 1 heterocycles. The first-order chi connectivity index (χ1) is 17.4. The minimum Gasteiger partial charge on any atom is -0.489 e. The number of nitriles is 1. The Bertz CT molecular complexity index is 1460. The largest absolute Gasteiger partial charge is 0.489 e. The molecule has 3 aromatic carbocycles. The lowest BCUT2D eigenvalue weighted by molar-refractivity contribution is -0.112. The van der Waals surface area contributed by atoms with Gasteiger partial charge in [-0.15, -0.1) is 0 Å². The van der Waals surface area contributed by atoms with E-state index >= 15 is 0 Å². The number of carbonyl (C=O) groups excluding carboxylic acids is 1. The highest BCUT2D eigenvalue weighted by atomic mass is 19.1. The van der Waals surface area contributed by atoms with E-state index in [1.807, 2.05) is 73.9 Å². The number of benzene rings is 3. The van der Waals surface area contributed by atoms with Crippen LogP contribution in [0.15, 0.2) is 84.4 Å². The fraction of sp³-hybridized carbons (Fsp3) is 0.133. The number of nitrogens with one attached hydrogen (secondary N) is 1. The number of ether oxygens (including phenoxy) is 1. The van der Waals surface area contributed by atoms with Crippen molar-refractivity contribution < 1.29 is 13.9 Å². The van der Waals surface area contributed by atoms with Crippen molar-refractivity contribution >= 4 is 17.7 Å². The number of rotatable bonds is 7. The Morgan fingerprint density at radius 2 is 1.72 bits per heavy atom.